The van der Waals surface area contributed by atoms with Crippen LogP contribution in [0.1, 0.15) is 34.1 Å². The van der Waals surface area contributed by atoms with Crippen LogP contribution in [0.2, 0.25) is 0 Å². The van der Waals surface area contributed by atoms with Crippen molar-refractivity contribution in [3.8, 4) is 0 Å². The molecule has 1 atom stereocenters. The summed E-state index contributed by atoms with van der Waals surface area (Å²) in [5, 5.41) is 3.21. The second-order valence-electron chi connectivity index (χ2n) is 6.87. The third-order valence-corrected chi connectivity index (χ3v) is 5.36. The number of nitrogens with zero attached hydrogens (tertiary/aromatic N) is 1. The summed E-state index contributed by atoms with van der Waals surface area (Å²) < 4.78 is 0. The molecule has 18 heavy (non-hydrogen) atoms. The van der Waals surface area contributed by atoms with Crippen LogP contribution in [-0.4, -0.2) is 37.5 Å². The van der Waals surface area contributed by atoms with Crippen LogP contribution in [0.15, 0.2) is 0 Å². The SMILES string of the molecule is CNCC1CCN(C(=O)C2C(C)(C)C2(C)C)C1.Cl. The van der Waals surface area contributed by atoms with Gasteiger partial charge in [-0.2, -0.15) is 0 Å². The maximum Gasteiger partial charge on any atom is 0.226 e. The van der Waals surface area contributed by atoms with Gasteiger partial charge in [-0.05, 0) is 36.8 Å². The van der Waals surface area contributed by atoms with E-state index in [4.69, 9.17) is 0 Å². The number of nitrogens with one attached hydrogen (secondary N) is 1. The van der Waals surface area contributed by atoms with E-state index in [1.165, 1.54) is 0 Å². The van der Waals surface area contributed by atoms with E-state index in [0.717, 1.165) is 26.1 Å². The van der Waals surface area contributed by atoms with Gasteiger partial charge in [-0.1, -0.05) is 27.7 Å². The van der Waals surface area contributed by atoms with Crippen molar-refractivity contribution in [2.45, 2.75) is 34.1 Å². The Hall–Kier alpha value is -0.280. The summed E-state index contributed by atoms with van der Waals surface area (Å²) in [7, 11) is 1.98. The first-order valence-corrected chi connectivity index (χ1v) is 6.75. The molecule has 3 nitrogen and oxygen atoms in total. The van der Waals surface area contributed by atoms with Crippen LogP contribution in [0.3, 0.4) is 0 Å². The van der Waals surface area contributed by atoms with Crippen LogP contribution in [0, 0.1) is 22.7 Å². The molecule has 4 heteroatoms. The number of hydrogen-bond acceptors (Lipinski definition) is 2. The number of rotatable bonds is 3. The van der Waals surface area contributed by atoms with Gasteiger partial charge < -0.3 is 10.2 Å². The largest absolute Gasteiger partial charge is 0.342 e. The van der Waals surface area contributed by atoms with Gasteiger partial charge in [0.2, 0.25) is 5.91 Å². The fraction of sp³-hybridized carbons (Fsp3) is 0.929. The van der Waals surface area contributed by atoms with E-state index >= 15 is 0 Å². The predicted octanol–water partition coefficient (Wildman–Crippen LogP) is 2.16. The summed E-state index contributed by atoms with van der Waals surface area (Å²) in [6.45, 7) is 11.8. The van der Waals surface area contributed by atoms with E-state index in [1.54, 1.807) is 0 Å². The number of halogens is 1. The number of carbonyl (C=O) groups is 1. The lowest BCUT2D eigenvalue weighted by atomic mass is 10.0. The van der Waals surface area contributed by atoms with Crippen molar-refractivity contribution in [1.82, 2.24) is 10.2 Å². The highest BCUT2D eigenvalue weighted by Gasteiger charge is 2.68. The molecule has 0 aromatic heterocycles. The molecule has 0 spiro atoms. The molecule has 0 bridgehead atoms. The van der Waals surface area contributed by atoms with E-state index < -0.39 is 0 Å². The quantitative estimate of drug-likeness (QED) is 0.855. The van der Waals surface area contributed by atoms with Crippen molar-refractivity contribution in [2.75, 3.05) is 26.7 Å². The zero-order valence-electron chi connectivity index (χ0n) is 12.2. The van der Waals surface area contributed by atoms with E-state index in [2.05, 4.69) is 37.9 Å². The summed E-state index contributed by atoms with van der Waals surface area (Å²) in [5.41, 5.74) is 0.344. The van der Waals surface area contributed by atoms with Gasteiger partial charge in [-0.25, -0.2) is 0 Å². The van der Waals surface area contributed by atoms with E-state index in [9.17, 15) is 4.79 Å². The van der Waals surface area contributed by atoms with Crippen molar-refractivity contribution >= 4 is 18.3 Å². The monoisotopic (exact) mass is 274 g/mol. The molecule has 106 valence electrons. The maximum absolute atomic E-state index is 12.5. The van der Waals surface area contributed by atoms with Crippen LogP contribution in [-0.2, 0) is 4.79 Å². The Morgan fingerprint density at radius 3 is 2.28 bits per heavy atom. The molecule has 1 amide bonds. The van der Waals surface area contributed by atoms with Gasteiger partial charge >= 0.3 is 0 Å². The van der Waals surface area contributed by atoms with Gasteiger partial charge in [0, 0.05) is 19.0 Å². The van der Waals surface area contributed by atoms with Crippen LogP contribution in [0.4, 0.5) is 0 Å². The first-order chi connectivity index (χ1) is 7.82. The molecule has 1 N–H and O–H groups in total. The number of amides is 1. The molecule has 2 rings (SSSR count). The Morgan fingerprint density at radius 2 is 1.83 bits per heavy atom. The molecule has 1 saturated carbocycles. The van der Waals surface area contributed by atoms with Crippen molar-refractivity contribution in [3.63, 3.8) is 0 Å². The molecule has 0 aromatic rings. The Balaban J connectivity index is 0.00000162. The minimum Gasteiger partial charge on any atom is -0.342 e. The number of carbonyl (C=O) groups excluding carboxylic acids is 1. The topological polar surface area (TPSA) is 32.3 Å². The summed E-state index contributed by atoms with van der Waals surface area (Å²) in [5.74, 6) is 1.26. The standard InChI is InChI=1S/C14H26N2O.ClH/c1-13(2)11(14(13,3)4)12(17)16-7-6-10(9-16)8-15-5;/h10-11,15H,6-9H2,1-5H3;1H. The first kappa shape index (κ1) is 15.8. The Bertz CT molecular complexity index is 314. The van der Waals surface area contributed by atoms with Gasteiger partial charge in [0.15, 0.2) is 0 Å². The third kappa shape index (κ3) is 2.27. The predicted molar refractivity (Wildman–Crippen MR) is 76.9 cm³/mol. The minimum absolute atomic E-state index is 0. The van der Waals surface area contributed by atoms with Gasteiger partial charge in [-0.15, -0.1) is 12.4 Å². The molecule has 1 aliphatic carbocycles. The van der Waals surface area contributed by atoms with Crippen LogP contribution in [0.25, 0.3) is 0 Å². The highest BCUT2D eigenvalue weighted by Crippen LogP contribution is 2.68. The Labute approximate surface area is 117 Å². The molecule has 1 heterocycles. The fourth-order valence-corrected chi connectivity index (χ4v) is 3.48. The zero-order valence-corrected chi connectivity index (χ0v) is 13.1. The molecule has 2 fully saturated rings. The smallest absolute Gasteiger partial charge is 0.226 e. The average molecular weight is 275 g/mol. The molecule has 0 aromatic carbocycles. The van der Waals surface area contributed by atoms with Crippen molar-refractivity contribution < 1.29 is 4.79 Å². The summed E-state index contributed by atoms with van der Waals surface area (Å²) >= 11 is 0. The van der Waals surface area contributed by atoms with Gasteiger partial charge in [0.1, 0.15) is 0 Å². The summed E-state index contributed by atoms with van der Waals surface area (Å²) in [6.07, 6.45) is 1.15. The highest BCUT2D eigenvalue weighted by molar-refractivity contribution is 5.85. The maximum atomic E-state index is 12.5. The number of hydrogen-bond donors (Lipinski definition) is 1. The molecule has 1 saturated heterocycles. The normalized spacial score (nSPS) is 28.9. The van der Waals surface area contributed by atoms with Gasteiger partial charge in [0.05, 0.1) is 0 Å². The van der Waals surface area contributed by atoms with Crippen LogP contribution in [0.5, 0.6) is 0 Å². The summed E-state index contributed by atoms with van der Waals surface area (Å²) in [4.78, 5) is 14.6. The molecular weight excluding hydrogens is 248 g/mol. The first-order valence-electron chi connectivity index (χ1n) is 6.75. The van der Waals surface area contributed by atoms with Gasteiger partial charge in [-0.3, -0.25) is 4.79 Å². The third-order valence-electron chi connectivity index (χ3n) is 5.36. The van der Waals surface area contributed by atoms with Crippen LogP contribution < -0.4 is 5.32 Å². The van der Waals surface area contributed by atoms with Gasteiger partial charge in [0.25, 0.3) is 0 Å². The molecule has 1 unspecified atom stereocenters. The fourth-order valence-electron chi connectivity index (χ4n) is 3.48. The van der Waals surface area contributed by atoms with Crippen molar-refractivity contribution in [1.29, 1.82) is 0 Å². The molecule has 0 radical (unpaired) electrons. The Kier molecular flexibility index (Phi) is 4.39. The molecular formula is C14H27ClN2O. The lowest BCUT2D eigenvalue weighted by Gasteiger charge is -2.17. The Morgan fingerprint density at radius 1 is 1.28 bits per heavy atom. The number of likely N-dealkylation sites (tertiary alicyclic amines) is 1. The lowest BCUT2D eigenvalue weighted by molar-refractivity contribution is -0.132. The highest BCUT2D eigenvalue weighted by atomic mass is 35.5. The van der Waals surface area contributed by atoms with E-state index in [-0.39, 0.29) is 29.2 Å². The van der Waals surface area contributed by atoms with E-state index in [1.807, 2.05) is 7.05 Å². The summed E-state index contributed by atoms with van der Waals surface area (Å²) in [6, 6.07) is 0. The molecule has 2 aliphatic rings. The second kappa shape index (κ2) is 5.01. The molecule has 1 aliphatic heterocycles. The van der Waals surface area contributed by atoms with E-state index in [0.29, 0.717) is 11.8 Å². The second-order valence-corrected chi connectivity index (χ2v) is 6.87. The zero-order chi connectivity index (χ0) is 12.8. The van der Waals surface area contributed by atoms with Crippen molar-refractivity contribution in [3.05, 3.63) is 0 Å². The average Bonchev–Trinajstić information content (AvgIpc) is 2.59. The van der Waals surface area contributed by atoms with Crippen LogP contribution >= 0.6 is 12.4 Å². The minimum atomic E-state index is 0. The lowest BCUT2D eigenvalue weighted by Crippen LogP contribution is -2.33. The van der Waals surface area contributed by atoms with Crippen molar-refractivity contribution in [2.24, 2.45) is 22.7 Å².